The lowest BCUT2D eigenvalue weighted by atomic mass is 9.95. The van der Waals surface area contributed by atoms with Crippen LogP contribution in [0, 0.1) is 5.92 Å². The molecule has 1 rings (SSSR count). The van der Waals surface area contributed by atoms with E-state index < -0.39 is 0 Å². The summed E-state index contributed by atoms with van der Waals surface area (Å²) in [6, 6.07) is 0. The van der Waals surface area contributed by atoms with Crippen LogP contribution in [0.3, 0.4) is 0 Å². The Morgan fingerprint density at radius 1 is 1.59 bits per heavy atom. The van der Waals surface area contributed by atoms with Crippen LogP contribution in [0.15, 0.2) is 4.99 Å². The Bertz CT molecular complexity index is 278. The molecule has 0 bridgehead atoms. The largest absolute Gasteiger partial charge is 0.370 e. The molecule has 0 radical (unpaired) electrons. The fourth-order valence-corrected chi connectivity index (χ4v) is 2.28. The summed E-state index contributed by atoms with van der Waals surface area (Å²) < 4.78 is 0. The van der Waals surface area contributed by atoms with Gasteiger partial charge in [0.25, 0.3) is 0 Å². The van der Waals surface area contributed by atoms with E-state index in [1.54, 1.807) is 7.05 Å². The molecule has 0 aliphatic carbocycles. The number of nitrogens with two attached hydrogens (primary N) is 1. The van der Waals surface area contributed by atoms with Gasteiger partial charge in [-0.15, -0.1) is 0 Å². The van der Waals surface area contributed by atoms with Crippen molar-refractivity contribution in [1.82, 2.24) is 10.2 Å². The average molecular weight is 240 g/mol. The highest BCUT2D eigenvalue weighted by atomic mass is 16.1. The monoisotopic (exact) mass is 240 g/mol. The van der Waals surface area contributed by atoms with Crippen molar-refractivity contribution in [3.63, 3.8) is 0 Å². The number of hydrogen-bond acceptors (Lipinski definition) is 2. The van der Waals surface area contributed by atoms with Gasteiger partial charge in [0.05, 0.1) is 0 Å². The number of guanidine groups is 1. The van der Waals surface area contributed by atoms with E-state index in [0.717, 1.165) is 44.9 Å². The maximum Gasteiger partial charge on any atom is 0.217 e. The number of likely N-dealkylation sites (tertiary alicyclic amines) is 1. The minimum absolute atomic E-state index is 0.201. The summed E-state index contributed by atoms with van der Waals surface area (Å²) in [4.78, 5) is 17.5. The van der Waals surface area contributed by atoms with Crippen molar-refractivity contribution in [2.24, 2.45) is 16.6 Å². The summed E-state index contributed by atoms with van der Waals surface area (Å²) in [7, 11) is 1.80. The Balaban J connectivity index is 2.49. The molecule has 1 heterocycles. The summed E-state index contributed by atoms with van der Waals surface area (Å²) in [5.74, 6) is 1.12. The van der Waals surface area contributed by atoms with Crippen molar-refractivity contribution in [2.75, 3.05) is 26.7 Å². The molecule has 1 saturated heterocycles. The summed E-state index contributed by atoms with van der Waals surface area (Å²) in [5, 5.41) is 3.32. The minimum Gasteiger partial charge on any atom is -0.370 e. The van der Waals surface area contributed by atoms with Gasteiger partial charge in [0.1, 0.15) is 0 Å². The number of aliphatic imine (C=N–C) groups is 1. The lowest BCUT2D eigenvalue weighted by Gasteiger charge is -2.34. The molecule has 98 valence electrons. The normalized spacial score (nSPS) is 21.4. The van der Waals surface area contributed by atoms with Gasteiger partial charge in [-0.05, 0) is 25.2 Å². The van der Waals surface area contributed by atoms with E-state index >= 15 is 0 Å². The maximum absolute atomic E-state index is 10.9. The topological polar surface area (TPSA) is 70.7 Å². The second-order valence-electron chi connectivity index (χ2n) is 4.60. The van der Waals surface area contributed by atoms with Crippen LogP contribution in [0.4, 0.5) is 0 Å². The zero-order valence-electron chi connectivity index (χ0n) is 10.9. The first-order valence-electron chi connectivity index (χ1n) is 6.41. The van der Waals surface area contributed by atoms with Gasteiger partial charge in [0.2, 0.25) is 5.91 Å². The van der Waals surface area contributed by atoms with Crippen LogP contribution in [0.5, 0.6) is 0 Å². The Hall–Kier alpha value is -1.26. The molecule has 0 aromatic heterocycles. The van der Waals surface area contributed by atoms with Crippen molar-refractivity contribution < 1.29 is 4.79 Å². The van der Waals surface area contributed by atoms with Gasteiger partial charge < -0.3 is 16.0 Å². The van der Waals surface area contributed by atoms with Crippen molar-refractivity contribution in [3.05, 3.63) is 0 Å². The Morgan fingerprint density at radius 3 is 2.94 bits per heavy atom. The number of carbonyl (C=O) groups excluding carboxylic acids is 1. The first kappa shape index (κ1) is 13.8. The summed E-state index contributed by atoms with van der Waals surface area (Å²) in [6.45, 7) is 4.96. The molecular weight excluding hydrogens is 216 g/mol. The van der Waals surface area contributed by atoms with Crippen molar-refractivity contribution in [1.29, 1.82) is 0 Å². The number of nitrogens with one attached hydrogen (secondary N) is 1. The standard InChI is InChI=1S/C12H24N4O/c1-3-6-15-12(14-2)16-7-4-5-10(9-16)8-11(13)17/h10H,3-9H2,1-2H3,(H2,13,17)(H,14,15). The van der Waals surface area contributed by atoms with E-state index in [4.69, 9.17) is 5.73 Å². The van der Waals surface area contributed by atoms with Crippen LogP contribution in [-0.2, 0) is 4.79 Å². The molecule has 0 aromatic rings. The van der Waals surface area contributed by atoms with Crippen LogP contribution in [-0.4, -0.2) is 43.4 Å². The summed E-state index contributed by atoms with van der Waals surface area (Å²) in [5.41, 5.74) is 5.25. The number of hydrogen-bond donors (Lipinski definition) is 2. The third-order valence-corrected chi connectivity index (χ3v) is 3.05. The molecule has 17 heavy (non-hydrogen) atoms. The van der Waals surface area contributed by atoms with Gasteiger partial charge in [-0.2, -0.15) is 0 Å². The Morgan fingerprint density at radius 2 is 2.35 bits per heavy atom. The number of carbonyl (C=O) groups is 1. The molecule has 1 atom stereocenters. The minimum atomic E-state index is -0.201. The van der Waals surface area contributed by atoms with Gasteiger partial charge in [-0.1, -0.05) is 6.92 Å². The molecule has 0 aromatic carbocycles. The summed E-state index contributed by atoms with van der Waals surface area (Å²) >= 11 is 0. The van der Waals surface area contributed by atoms with Gasteiger partial charge >= 0.3 is 0 Å². The Kier molecular flexibility index (Phi) is 5.80. The molecule has 0 saturated carbocycles. The molecule has 1 aliphatic rings. The first-order valence-corrected chi connectivity index (χ1v) is 6.41. The maximum atomic E-state index is 10.9. The van der Waals surface area contributed by atoms with E-state index in [-0.39, 0.29) is 5.91 Å². The second kappa shape index (κ2) is 7.14. The Labute approximate surface area is 103 Å². The molecule has 1 unspecified atom stereocenters. The number of amides is 1. The van der Waals surface area contributed by atoms with Gasteiger partial charge in [-0.25, -0.2) is 0 Å². The predicted molar refractivity (Wildman–Crippen MR) is 69.8 cm³/mol. The van der Waals surface area contributed by atoms with E-state index in [1.807, 2.05) is 0 Å². The third kappa shape index (κ3) is 4.63. The van der Waals surface area contributed by atoms with Crippen LogP contribution < -0.4 is 11.1 Å². The second-order valence-corrected chi connectivity index (χ2v) is 4.60. The molecular formula is C12H24N4O. The molecule has 1 aliphatic heterocycles. The zero-order valence-corrected chi connectivity index (χ0v) is 10.9. The summed E-state index contributed by atoms with van der Waals surface area (Å²) in [6.07, 6.45) is 3.76. The molecule has 3 N–H and O–H groups in total. The fourth-order valence-electron chi connectivity index (χ4n) is 2.28. The van der Waals surface area contributed by atoms with Crippen molar-refractivity contribution >= 4 is 11.9 Å². The van der Waals surface area contributed by atoms with Gasteiger partial charge in [-0.3, -0.25) is 9.79 Å². The quantitative estimate of drug-likeness (QED) is 0.557. The van der Waals surface area contributed by atoms with Gasteiger partial charge in [0, 0.05) is 33.1 Å². The number of piperidine rings is 1. The lowest BCUT2D eigenvalue weighted by Crippen LogP contribution is -2.47. The van der Waals surface area contributed by atoms with Crippen molar-refractivity contribution in [3.8, 4) is 0 Å². The van der Waals surface area contributed by atoms with Crippen LogP contribution >= 0.6 is 0 Å². The molecule has 1 fully saturated rings. The number of rotatable bonds is 4. The molecule has 5 heteroatoms. The fraction of sp³-hybridized carbons (Fsp3) is 0.833. The van der Waals surface area contributed by atoms with Crippen LogP contribution in [0.2, 0.25) is 0 Å². The van der Waals surface area contributed by atoms with Crippen molar-refractivity contribution in [2.45, 2.75) is 32.6 Å². The smallest absolute Gasteiger partial charge is 0.217 e. The van der Waals surface area contributed by atoms with Gasteiger partial charge in [0.15, 0.2) is 5.96 Å². The number of primary amides is 1. The third-order valence-electron chi connectivity index (χ3n) is 3.05. The molecule has 1 amide bonds. The number of nitrogens with zero attached hydrogens (tertiary/aromatic N) is 2. The SMILES string of the molecule is CCCNC(=NC)N1CCCC(CC(N)=O)C1. The molecule has 0 spiro atoms. The predicted octanol–water partition coefficient (Wildman–Crippen LogP) is 0.559. The molecule has 5 nitrogen and oxygen atoms in total. The van der Waals surface area contributed by atoms with E-state index in [9.17, 15) is 4.79 Å². The average Bonchev–Trinajstić information content (AvgIpc) is 2.30. The highest BCUT2D eigenvalue weighted by Crippen LogP contribution is 2.19. The highest BCUT2D eigenvalue weighted by Gasteiger charge is 2.23. The first-order chi connectivity index (χ1) is 8.17. The van der Waals surface area contributed by atoms with E-state index in [2.05, 4.69) is 22.1 Å². The van der Waals surface area contributed by atoms with E-state index in [1.165, 1.54) is 0 Å². The lowest BCUT2D eigenvalue weighted by molar-refractivity contribution is -0.119. The highest BCUT2D eigenvalue weighted by molar-refractivity contribution is 5.80. The van der Waals surface area contributed by atoms with E-state index in [0.29, 0.717) is 12.3 Å². The van der Waals surface area contributed by atoms with Crippen LogP contribution in [0.1, 0.15) is 32.6 Å². The zero-order chi connectivity index (χ0) is 12.7. The van der Waals surface area contributed by atoms with Crippen LogP contribution in [0.25, 0.3) is 0 Å².